The van der Waals surface area contributed by atoms with Crippen LogP contribution in [0.4, 0.5) is 0 Å². The Morgan fingerprint density at radius 3 is 2.83 bits per heavy atom. The SMILES string of the molecule is CC1(C)CCCC1C(Cc1ccc(Br)cn1)NN. The Hall–Kier alpha value is -0.450. The lowest BCUT2D eigenvalue weighted by Crippen LogP contribution is -2.46. The minimum absolute atomic E-state index is 0.316. The lowest BCUT2D eigenvalue weighted by Gasteiger charge is -2.33. The first-order valence-electron chi connectivity index (χ1n) is 6.59. The van der Waals surface area contributed by atoms with E-state index in [0.717, 1.165) is 16.6 Å². The van der Waals surface area contributed by atoms with Crippen LogP contribution in [0, 0.1) is 11.3 Å². The Labute approximate surface area is 118 Å². The third-order valence-corrected chi connectivity index (χ3v) is 4.73. The molecule has 18 heavy (non-hydrogen) atoms. The van der Waals surface area contributed by atoms with Gasteiger partial charge in [0.05, 0.1) is 0 Å². The van der Waals surface area contributed by atoms with Crippen LogP contribution >= 0.6 is 15.9 Å². The second kappa shape index (κ2) is 5.68. The van der Waals surface area contributed by atoms with Crippen molar-refractivity contribution in [3.63, 3.8) is 0 Å². The normalized spacial score (nSPS) is 24.1. The number of nitrogens with one attached hydrogen (secondary N) is 1. The number of hydrazine groups is 1. The monoisotopic (exact) mass is 311 g/mol. The zero-order valence-electron chi connectivity index (χ0n) is 11.1. The highest BCUT2D eigenvalue weighted by molar-refractivity contribution is 9.10. The molecule has 0 saturated heterocycles. The van der Waals surface area contributed by atoms with Crippen molar-refractivity contribution in [3.05, 3.63) is 28.5 Å². The summed E-state index contributed by atoms with van der Waals surface area (Å²) in [5.41, 5.74) is 4.49. The summed E-state index contributed by atoms with van der Waals surface area (Å²) in [5.74, 6) is 6.40. The van der Waals surface area contributed by atoms with Gasteiger partial charge in [-0.25, -0.2) is 0 Å². The van der Waals surface area contributed by atoms with Crippen LogP contribution in [-0.4, -0.2) is 11.0 Å². The number of pyridine rings is 1. The zero-order chi connectivity index (χ0) is 13.2. The molecular formula is C14H22BrN3. The molecule has 0 aromatic carbocycles. The molecule has 1 aromatic rings. The summed E-state index contributed by atoms with van der Waals surface area (Å²) >= 11 is 3.41. The molecule has 1 saturated carbocycles. The lowest BCUT2D eigenvalue weighted by atomic mass is 9.76. The molecule has 1 heterocycles. The van der Waals surface area contributed by atoms with Gasteiger partial charge in [0.1, 0.15) is 0 Å². The van der Waals surface area contributed by atoms with E-state index in [1.807, 2.05) is 12.3 Å². The lowest BCUT2D eigenvalue weighted by molar-refractivity contribution is 0.195. The molecule has 1 fully saturated rings. The van der Waals surface area contributed by atoms with Crippen molar-refractivity contribution >= 4 is 15.9 Å². The molecule has 0 spiro atoms. The fourth-order valence-corrected chi connectivity index (χ4v) is 3.40. The van der Waals surface area contributed by atoms with Gasteiger partial charge in [0.25, 0.3) is 0 Å². The standard InChI is InChI=1S/C14H22BrN3/c1-14(2)7-3-4-12(14)13(18-16)8-11-6-5-10(15)9-17-11/h5-6,9,12-13,18H,3-4,7-8,16H2,1-2H3. The third-order valence-electron chi connectivity index (χ3n) is 4.26. The fraction of sp³-hybridized carbons (Fsp3) is 0.643. The number of hydrogen-bond acceptors (Lipinski definition) is 3. The summed E-state index contributed by atoms with van der Waals surface area (Å²) in [6.07, 6.45) is 6.62. The van der Waals surface area contributed by atoms with Crippen molar-refractivity contribution in [3.8, 4) is 0 Å². The smallest absolute Gasteiger partial charge is 0.0420 e. The van der Waals surface area contributed by atoms with Crippen LogP contribution < -0.4 is 11.3 Å². The molecule has 1 aliphatic rings. The van der Waals surface area contributed by atoms with Gasteiger partial charge in [0.2, 0.25) is 0 Å². The van der Waals surface area contributed by atoms with Crippen molar-refractivity contribution in [1.82, 2.24) is 10.4 Å². The molecule has 2 rings (SSSR count). The number of nitrogens with zero attached hydrogens (tertiary/aromatic N) is 1. The van der Waals surface area contributed by atoms with Crippen LogP contribution in [0.15, 0.2) is 22.8 Å². The number of rotatable bonds is 4. The van der Waals surface area contributed by atoms with E-state index in [1.165, 1.54) is 19.3 Å². The van der Waals surface area contributed by atoms with E-state index in [4.69, 9.17) is 5.84 Å². The maximum absolute atomic E-state index is 5.76. The molecule has 1 aliphatic carbocycles. The van der Waals surface area contributed by atoms with Crippen LogP contribution in [-0.2, 0) is 6.42 Å². The van der Waals surface area contributed by atoms with Crippen LogP contribution in [0.5, 0.6) is 0 Å². The van der Waals surface area contributed by atoms with Crippen LogP contribution in [0.1, 0.15) is 38.8 Å². The maximum atomic E-state index is 5.76. The van der Waals surface area contributed by atoms with Crippen molar-refractivity contribution in [1.29, 1.82) is 0 Å². The van der Waals surface area contributed by atoms with Crippen LogP contribution in [0.25, 0.3) is 0 Å². The van der Waals surface area contributed by atoms with E-state index in [2.05, 4.69) is 46.3 Å². The Morgan fingerprint density at radius 2 is 2.33 bits per heavy atom. The number of nitrogens with two attached hydrogens (primary N) is 1. The van der Waals surface area contributed by atoms with Crippen LogP contribution in [0.2, 0.25) is 0 Å². The Balaban J connectivity index is 2.07. The predicted molar refractivity (Wildman–Crippen MR) is 77.9 cm³/mol. The molecular weight excluding hydrogens is 290 g/mol. The summed E-state index contributed by atoms with van der Waals surface area (Å²) in [7, 11) is 0. The maximum Gasteiger partial charge on any atom is 0.0420 e. The first-order chi connectivity index (χ1) is 8.53. The minimum Gasteiger partial charge on any atom is -0.271 e. The van der Waals surface area contributed by atoms with E-state index in [0.29, 0.717) is 17.4 Å². The first kappa shape index (κ1) is 14.0. The number of hydrogen-bond donors (Lipinski definition) is 2. The summed E-state index contributed by atoms with van der Waals surface area (Å²) in [5, 5.41) is 0. The quantitative estimate of drug-likeness (QED) is 0.664. The molecule has 2 atom stereocenters. The molecule has 0 amide bonds. The molecule has 4 heteroatoms. The van der Waals surface area contributed by atoms with Crippen LogP contribution in [0.3, 0.4) is 0 Å². The number of halogens is 1. The summed E-state index contributed by atoms with van der Waals surface area (Å²) < 4.78 is 1.02. The summed E-state index contributed by atoms with van der Waals surface area (Å²) in [4.78, 5) is 4.44. The Morgan fingerprint density at radius 1 is 1.56 bits per heavy atom. The molecule has 1 aromatic heterocycles. The van der Waals surface area contributed by atoms with Crippen molar-refractivity contribution in [2.75, 3.05) is 0 Å². The number of aromatic nitrogens is 1. The highest BCUT2D eigenvalue weighted by atomic mass is 79.9. The van der Waals surface area contributed by atoms with Crippen molar-refractivity contribution in [2.45, 2.75) is 45.6 Å². The zero-order valence-corrected chi connectivity index (χ0v) is 12.7. The summed E-state index contributed by atoms with van der Waals surface area (Å²) in [6.45, 7) is 4.70. The summed E-state index contributed by atoms with van der Waals surface area (Å²) in [6, 6.07) is 4.42. The van der Waals surface area contributed by atoms with E-state index in [1.54, 1.807) is 0 Å². The average molecular weight is 312 g/mol. The van der Waals surface area contributed by atoms with Gasteiger partial charge in [-0.05, 0) is 52.2 Å². The van der Waals surface area contributed by atoms with Crippen molar-refractivity contribution < 1.29 is 0 Å². The second-order valence-corrected chi connectivity index (χ2v) is 6.85. The van der Waals surface area contributed by atoms with E-state index in [-0.39, 0.29) is 0 Å². The molecule has 3 nitrogen and oxygen atoms in total. The molecule has 100 valence electrons. The van der Waals surface area contributed by atoms with E-state index < -0.39 is 0 Å². The highest BCUT2D eigenvalue weighted by Gasteiger charge is 2.39. The van der Waals surface area contributed by atoms with Gasteiger partial charge < -0.3 is 0 Å². The molecule has 3 N–H and O–H groups in total. The van der Waals surface area contributed by atoms with Gasteiger partial charge in [-0.15, -0.1) is 0 Å². The fourth-order valence-electron chi connectivity index (χ4n) is 3.17. The molecule has 0 radical (unpaired) electrons. The topological polar surface area (TPSA) is 50.9 Å². The van der Waals surface area contributed by atoms with Gasteiger partial charge in [0, 0.05) is 28.8 Å². The predicted octanol–water partition coefficient (Wildman–Crippen LogP) is 3.04. The third kappa shape index (κ3) is 3.11. The Bertz CT molecular complexity index is 389. The van der Waals surface area contributed by atoms with Gasteiger partial charge >= 0.3 is 0 Å². The Kier molecular flexibility index (Phi) is 4.41. The second-order valence-electron chi connectivity index (χ2n) is 5.93. The highest BCUT2D eigenvalue weighted by Crippen LogP contribution is 2.44. The van der Waals surface area contributed by atoms with Gasteiger partial charge in [-0.3, -0.25) is 16.3 Å². The van der Waals surface area contributed by atoms with Crippen molar-refractivity contribution in [2.24, 2.45) is 17.2 Å². The van der Waals surface area contributed by atoms with Gasteiger partial charge in [-0.1, -0.05) is 20.3 Å². The van der Waals surface area contributed by atoms with E-state index >= 15 is 0 Å². The molecule has 0 bridgehead atoms. The van der Waals surface area contributed by atoms with Gasteiger partial charge in [-0.2, -0.15) is 0 Å². The van der Waals surface area contributed by atoms with Gasteiger partial charge in [0.15, 0.2) is 0 Å². The average Bonchev–Trinajstić information content (AvgIpc) is 2.68. The minimum atomic E-state index is 0.316. The molecule has 2 unspecified atom stereocenters. The van der Waals surface area contributed by atoms with E-state index in [9.17, 15) is 0 Å². The molecule has 0 aliphatic heterocycles. The first-order valence-corrected chi connectivity index (χ1v) is 7.39. The largest absolute Gasteiger partial charge is 0.271 e.